The summed E-state index contributed by atoms with van der Waals surface area (Å²) in [5, 5.41) is 0. The first kappa shape index (κ1) is 15.1. The fraction of sp³-hybridized carbons (Fsp3) is 0.200. The smallest absolute Gasteiger partial charge is 0.324 e. The molecule has 2 aromatic carbocycles. The zero-order chi connectivity index (χ0) is 14.8. The van der Waals surface area contributed by atoms with Crippen molar-refractivity contribution in [3.63, 3.8) is 0 Å². The number of benzene rings is 2. The Morgan fingerprint density at radius 1 is 1.05 bits per heavy atom. The van der Waals surface area contributed by atoms with E-state index in [2.05, 4.69) is 15.9 Å². The van der Waals surface area contributed by atoms with Gasteiger partial charge in [-0.2, -0.15) is 13.2 Å². The van der Waals surface area contributed by atoms with Crippen LogP contribution in [0.25, 0.3) is 0 Å². The third-order valence-electron chi connectivity index (χ3n) is 3.02. The molecule has 0 fully saturated rings. The van der Waals surface area contributed by atoms with E-state index in [1.807, 2.05) is 30.3 Å². The Hall–Kier alpha value is -1.33. The molecule has 1 nitrogen and oxygen atoms in total. The average molecular weight is 344 g/mol. The molecule has 0 heterocycles. The van der Waals surface area contributed by atoms with Gasteiger partial charge in [0.05, 0.1) is 5.56 Å². The Balaban J connectivity index is 2.27. The number of nitrogens with two attached hydrogens (primary N) is 1. The van der Waals surface area contributed by atoms with E-state index >= 15 is 0 Å². The van der Waals surface area contributed by atoms with E-state index in [1.165, 1.54) is 6.07 Å². The second-order valence-corrected chi connectivity index (χ2v) is 5.38. The van der Waals surface area contributed by atoms with E-state index in [4.69, 9.17) is 5.73 Å². The lowest BCUT2D eigenvalue weighted by Crippen LogP contribution is -2.15. The van der Waals surface area contributed by atoms with Crippen molar-refractivity contribution in [2.24, 2.45) is 5.73 Å². The van der Waals surface area contributed by atoms with Gasteiger partial charge in [-0.1, -0.05) is 46.3 Å². The van der Waals surface area contributed by atoms with Crippen LogP contribution in [0.2, 0.25) is 0 Å². The Bertz CT molecular complexity index is 581. The lowest BCUT2D eigenvalue weighted by Gasteiger charge is -2.16. The molecule has 1 unspecified atom stereocenters. The second kappa shape index (κ2) is 5.97. The molecule has 0 spiro atoms. The van der Waals surface area contributed by atoms with Crippen LogP contribution < -0.4 is 5.73 Å². The molecule has 106 valence electrons. The van der Waals surface area contributed by atoms with E-state index in [-0.39, 0.29) is 0 Å². The summed E-state index contributed by atoms with van der Waals surface area (Å²) < 4.78 is 38.8. The summed E-state index contributed by atoms with van der Waals surface area (Å²) in [5.41, 5.74) is 6.81. The predicted molar refractivity (Wildman–Crippen MR) is 76.2 cm³/mol. The molecule has 1 atom stereocenters. The highest BCUT2D eigenvalue weighted by Gasteiger charge is 2.31. The van der Waals surface area contributed by atoms with E-state index in [9.17, 15) is 13.2 Å². The van der Waals surface area contributed by atoms with Crippen molar-refractivity contribution in [1.29, 1.82) is 0 Å². The van der Waals surface area contributed by atoms with E-state index in [0.29, 0.717) is 16.5 Å². The molecule has 20 heavy (non-hydrogen) atoms. The molecule has 0 saturated carbocycles. The van der Waals surface area contributed by atoms with E-state index in [1.54, 1.807) is 0 Å². The quantitative estimate of drug-likeness (QED) is 0.857. The van der Waals surface area contributed by atoms with Gasteiger partial charge >= 0.3 is 6.18 Å². The Labute approximate surface area is 123 Å². The van der Waals surface area contributed by atoms with Gasteiger partial charge in [-0.3, -0.25) is 0 Å². The largest absolute Gasteiger partial charge is 0.416 e. The topological polar surface area (TPSA) is 26.0 Å². The van der Waals surface area contributed by atoms with Gasteiger partial charge in [0.1, 0.15) is 0 Å². The Morgan fingerprint density at radius 3 is 2.30 bits per heavy atom. The maximum atomic E-state index is 12.7. The van der Waals surface area contributed by atoms with E-state index in [0.717, 1.165) is 17.7 Å². The van der Waals surface area contributed by atoms with Crippen LogP contribution in [0.1, 0.15) is 22.7 Å². The summed E-state index contributed by atoms with van der Waals surface area (Å²) in [6, 6.07) is 12.5. The second-order valence-electron chi connectivity index (χ2n) is 4.53. The Kier molecular flexibility index (Phi) is 4.50. The highest BCUT2D eigenvalue weighted by Crippen LogP contribution is 2.34. The summed E-state index contributed by atoms with van der Waals surface area (Å²) >= 11 is 3.26. The van der Waals surface area contributed by atoms with Gasteiger partial charge in [0.15, 0.2) is 0 Å². The van der Waals surface area contributed by atoms with Crippen LogP contribution >= 0.6 is 15.9 Å². The molecule has 2 rings (SSSR count). The molecule has 0 aliphatic heterocycles. The summed E-state index contributed by atoms with van der Waals surface area (Å²) in [5.74, 6) is 0. The first-order valence-electron chi connectivity index (χ1n) is 6.04. The third-order valence-corrected chi connectivity index (χ3v) is 3.74. The van der Waals surface area contributed by atoms with Gasteiger partial charge in [-0.25, -0.2) is 0 Å². The minimum atomic E-state index is -4.36. The van der Waals surface area contributed by atoms with Crippen LogP contribution in [0, 0.1) is 0 Å². The molecule has 0 aromatic heterocycles. The van der Waals surface area contributed by atoms with Crippen LogP contribution in [0.5, 0.6) is 0 Å². The number of rotatable bonds is 3. The minimum Gasteiger partial charge on any atom is -0.324 e. The summed E-state index contributed by atoms with van der Waals surface area (Å²) in [7, 11) is 0. The van der Waals surface area contributed by atoms with Gasteiger partial charge in [-0.05, 0) is 35.7 Å². The third kappa shape index (κ3) is 3.61. The standard InChI is InChI=1S/C15H13BrF3N/c16-13-7-6-11(15(17,18)19)9-12(13)14(20)8-10-4-2-1-3-5-10/h1-7,9,14H,8,20H2. The SMILES string of the molecule is NC(Cc1ccccc1)c1cc(C(F)(F)F)ccc1Br. The summed E-state index contributed by atoms with van der Waals surface area (Å²) in [6.07, 6.45) is -3.87. The van der Waals surface area contributed by atoms with E-state index < -0.39 is 17.8 Å². The van der Waals surface area contributed by atoms with Crippen molar-refractivity contribution < 1.29 is 13.2 Å². The number of hydrogen-bond acceptors (Lipinski definition) is 1. The lowest BCUT2D eigenvalue weighted by molar-refractivity contribution is -0.137. The molecule has 0 amide bonds. The molecule has 0 aliphatic rings. The molecule has 0 aliphatic carbocycles. The highest BCUT2D eigenvalue weighted by molar-refractivity contribution is 9.10. The lowest BCUT2D eigenvalue weighted by atomic mass is 9.98. The van der Waals surface area contributed by atoms with Crippen molar-refractivity contribution in [2.45, 2.75) is 18.6 Å². The summed E-state index contributed by atoms with van der Waals surface area (Å²) in [4.78, 5) is 0. The van der Waals surface area contributed by atoms with Crippen molar-refractivity contribution in [3.8, 4) is 0 Å². The molecular formula is C15H13BrF3N. The number of alkyl halides is 3. The van der Waals surface area contributed by atoms with Gasteiger partial charge in [0, 0.05) is 10.5 Å². The van der Waals surface area contributed by atoms with Gasteiger partial charge in [0.25, 0.3) is 0 Å². The molecular weight excluding hydrogens is 331 g/mol. The fourth-order valence-electron chi connectivity index (χ4n) is 1.98. The maximum Gasteiger partial charge on any atom is 0.416 e. The first-order chi connectivity index (χ1) is 9.38. The Morgan fingerprint density at radius 2 is 1.70 bits per heavy atom. The van der Waals surface area contributed by atoms with Crippen molar-refractivity contribution in [1.82, 2.24) is 0 Å². The molecule has 5 heteroatoms. The van der Waals surface area contributed by atoms with Crippen LogP contribution in [0.3, 0.4) is 0 Å². The molecule has 2 aromatic rings. The van der Waals surface area contributed by atoms with Crippen LogP contribution in [0.15, 0.2) is 53.0 Å². The average Bonchev–Trinajstić information content (AvgIpc) is 2.39. The van der Waals surface area contributed by atoms with Crippen molar-refractivity contribution in [3.05, 3.63) is 69.7 Å². The van der Waals surface area contributed by atoms with Gasteiger partial charge in [-0.15, -0.1) is 0 Å². The maximum absolute atomic E-state index is 12.7. The van der Waals surface area contributed by atoms with Crippen LogP contribution in [0.4, 0.5) is 13.2 Å². The molecule has 0 saturated heterocycles. The van der Waals surface area contributed by atoms with Gasteiger partial charge in [0.2, 0.25) is 0 Å². The fourth-order valence-corrected chi connectivity index (χ4v) is 2.52. The zero-order valence-electron chi connectivity index (χ0n) is 10.5. The van der Waals surface area contributed by atoms with Crippen LogP contribution in [-0.2, 0) is 12.6 Å². The molecule has 2 N–H and O–H groups in total. The number of hydrogen-bond donors (Lipinski definition) is 1. The monoisotopic (exact) mass is 343 g/mol. The van der Waals surface area contributed by atoms with Crippen LogP contribution in [-0.4, -0.2) is 0 Å². The van der Waals surface area contributed by atoms with Gasteiger partial charge < -0.3 is 5.73 Å². The highest BCUT2D eigenvalue weighted by atomic mass is 79.9. The molecule has 0 radical (unpaired) electrons. The zero-order valence-corrected chi connectivity index (χ0v) is 12.1. The predicted octanol–water partition coefficient (Wildman–Crippen LogP) is 4.71. The minimum absolute atomic E-state index is 0.462. The van der Waals surface area contributed by atoms with Crippen molar-refractivity contribution >= 4 is 15.9 Å². The molecule has 0 bridgehead atoms. The number of halogens is 4. The first-order valence-corrected chi connectivity index (χ1v) is 6.83. The van der Waals surface area contributed by atoms with Crippen molar-refractivity contribution in [2.75, 3.05) is 0 Å². The summed E-state index contributed by atoms with van der Waals surface area (Å²) in [6.45, 7) is 0. The normalized spacial score (nSPS) is 13.2.